The van der Waals surface area contributed by atoms with Crippen LogP contribution in [0.15, 0.2) is 35.8 Å². The summed E-state index contributed by atoms with van der Waals surface area (Å²) < 4.78 is 0. The summed E-state index contributed by atoms with van der Waals surface area (Å²) in [7, 11) is 0. The molecule has 1 aromatic heterocycles. The van der Waals surface area contributed by atoms with Gasteiger partial charge >= 0.3 is 0 Å². The minimum Gasteiger partial charge on any atom is -0.393 e. The Hall–Kier alpha value is -1.72. The van der Waals surface area contributed by atoms with E-state index >= 15 is 0 Å². The molecule has 1 heterocycles. The number of thiazole rings is 1. The highest BCUT2D eigenvalue weighted by Crippen LogP contribution is 2.38. The molecule has 3 rings (SSSR count). The quantitative estimate of drug-likeness (QED) is 0.913. The number of carbonyl (C=O) groups is 1. The number of aromatic nitrogens is 1. The van der Waals surface area contributed by atoms with Gasteiger partial charge in [-0.2, -0.15) is 0 Å². The molecule has 1 aliphatic rings. The maximum Gasteiger partial charge on any atom is 0.263 e. The van der Waals surface area contributed by atoms with Crippen molar-refractivity contribution in [3.63, 3.8) is 0 Å². The molecule has 5 heteroatoms. The van der Waals surface area contributed by atoms with E-state index in [4.69, 9.17) is 0 Å². The van der Waals surface area contributed by atoms with Gasteiger partial charge in [-0.15, -0.1) is 11.3 Å². The molecule has 1 atom stereocenters. The van der Waals surface area contributed by atoms with Gasteiger partial charge in [-0.3, -0.25) is 4.79 Å². The number of hydrogen-bond donors (Lipinski definition) is 2. The van der Waals surface area contributed by atoms with Gasteiger partial charge in [-0.1, -0.05) is 30.3 Å². The van der Waals surface area contributed by atoms with E-state index in [2.05, 4.69) is 10.3 Å². The molecule has 0 bridgehead atoms. The fourth-order valence-electron chi connectivity index (χ4n) is 2.76. The molecule has 0 spiro atoms. The van der Waals surface area contributed by atoms with Gasteiger partial charge in [0.1, 0.15) is 4.88 Å². The number of benzene rings is 1. The number of aliphatic hydroxyl groups is 1. The molecular weight excluding hydrogens is 284 g/mol. The molecule has 1 saturated carbocycles. The zero-order valence-electron chi connectivity index (χ0n) is 11.8. The molecule has 1 aliphatic carbocycles. The Morgan fingerprint density at radius 2 is 2.10 bits per heavy atom. The summed E-state index contributed by atoms with van der Waals surface area (Å²) in [5, 5.41) is 12.7. The molecule has 1 unspecified atom stereocenters. The first kappa shape index (κ1) is 14.2. The molecule has 2 N–H and O–H groups in total. The van der Waals surface area contributed by atoms with E-state index in [1.165, 1.54) is 11.3 Å². The Labute approximate surface area is 127 Å². The van der Waals surface area contributed by atoms with Crippen LogP contribution in [-0.2, 0) is 0 Å². The summed E-state index contributed by atoms with van der Waals surface area (Å²) in [6.07, 6.45) is 1.24. The zero-order valence-corrected chi connectivity index (χ0v) is 12.6. The van der Waals surface area contributed by atoms with Crippen molar-refractivity contribution in [2.45, 2.75) is 31.9 Å². The SMILES string of the molecule is Cc1ncsc1C(=O)NC(c1ccccc1)C1CC(O)C1. The molecule has 21 heavy (non-hydrogen) atoms. The van der Waals surface area contributed by atoms with Gasteiger partial charge in [0.05, 0.1) is 23.4 Å². The van der Waals surface area contributed by atoms with Crippen LogP contribution in [0.1, 0.15) is 39.8 Å². The lowest BCUT2D eigenvalue weighted by Crippen LogP contribution is -2.41. The number of aliphatic hydroxyl groups excluding tert-OH is 1. The Morgan fingerprint density at radius 3 is 2.67 bits per heavy atom. The summed E-state index contributed by atoms with van der Waals surface area (Å²) in [6, 6.07) is 9.90. The molecule has 0 radical (unpaired) electrons. The van der Waals surface area contributed by atoms with Gasteiger partial charge in [0.2, 0.25) is 0 Å². The van der Waals surface area contributed by atoms with Crippen LogP contribution in [-0.4, -0.2) is 22.1 Å². The molecule has 1 fully saturated rings. The molecule has 0 aliphatic heterocycles. The summed E-state index contributed by atoms with van der Waals surface area (Å²) >= 11 is 1.36. The molecule has 2 aromatic rings. The van der Waals surface area contributed by atoms with Gasteiger partial charge in [-0.05, 0) is 31.2 Å². The van der Waals surface area contributed by atoms with Crippen molar-refractivity contribution in [1.82, 2.24) is 10.3 Å². The number of rotatable bonds is 4. The number of amides is 1. The third-order valence-electron chi connectivity index (χ3n) is 4.02. The lowest BCUT2D eigenvalue weighted by atomic mass is 9.75. The topological polar surface area (TPSA) is 62.2 Å². The van der Waals surface area contributed by atoms with Gasteiger partial charge in [0.15, 0.2) is 0 Å². The average Bonchev–Trinajstić information content (AvgIpc) is 2.89. The largest absolute Gasteiger partial charge is 0.393 e. The first-order valence-corrected chi connectivity index (χ1v) is 7.97. The lowest BCUT2D eigenvalue weighted by Gasteiger charge is -2.38. The van der Waals surface area contributed by atoms with Gasteiger partial charge in [-0.25, -0.2) is 4.98 Å². The Bertz CT molecular complexity index is 620. The number of nitrogens with one attached hydrogen (secondary N) is 1. The molecule has 4 nitrogen and oxygen atoms in total. The second kappa shape index (κ2) is 5.95. The van der Waals surface area contributed by atoms with Crippen molar-refractivity contribution in [1.29, 1.82) is 0 Å². The van der Waals surface area contributed by atoms with Crippen LogP contribution in [0.2, 0.25) is 0 Å². The van der Waals surface area contributed by atoms with Crippen LogP contribution in [0, 0.1) is 12.8 Å². The summed E-state index contributed by atoms with van der Waals surface area (Å²) in [6.45, 7) is 1.84. The molecule has 1 aromatic carbocycles. The van der Waals surface area contributed by atoms with E-state index in [1.54, 1.807) is 5.51 Å². The average molecular weight is 302 g/mol. The van der Waals surface area contributed by atoms with Gasteiger partial charge in [0.25, 0.3) is 5.91 Å². The van der Waals surface area contributed by atoms with Crippen LogP contribution in [0.4, 0.5) is 0 Å². The molecule has 0 saturated heterocycles. The van der Waals surface area contributed by atoms with E-state index in [0.29, 0.717) is 10.8 Å². The summed E-state index contributed by atoms with van der Waals surface area (Å²) in [5.41, 5.74) is 3.54. The number of nitrogens with zero attached hydrogens (tertiary/aromatic N) is 1. The monoisotopic (exact) mass is 302 g/mol. The summed E-state index contributed by atoms with van der Waals surface area (Å²) in [5.74, 6) is 0.213. The lowest BCUT2D eigenvalue weighted by molar-refractivity contribution is 0.0235. The minimum atomic E-state index is -0.233. The Balaban J connectivity index is 1.80. The highest BCUT2D eigenvalue weighted by molar-refractivity contribution is 7.11. The second-order valence-electron chi connectivity index (χ2n) is 5.51. The maximum atomic E-state index is 12.4. The van der Waals surface area contributed by atoms with Crippen molar-refractivity contribution >= 4 is 17.2 Å². The molecule has 1 amide bonds. The van der Waals surface area contributed by atoms with Crippen LogP contribution in [0.3, 0.4) is 0 Å². The van der Waals surface area contributed by atoms with Crippen molar-refractivity contribution in [3.05, 3.63) is 52.0 Å². The van der Waals surface area contributed by atoms with E-state index in [9.17, 15) is 9.90 Å². The number of carbonyl (C=O) groups excluding carboxylic acids is 1. The van der Waals surface area contributed by atoms with Crippen LogP contribution in [0.5, 0.6) is 0 Å². The third-order valence-corrected chi connectivity index (χ3v) is 4.95. The van der Waals surface area contributed by atoms with Gasteiger partial charge in [0, 0.05) is 0 Å². The van der Waals surface area contributed by atoms with Crippen molar-refractivity contribution in [2.24, 2.45) is 5.92 Å². The van der Waals surface area contributed by atoms with E-state index in [-0.39, 0.29) is 18.1 Å². The maximum absolute atomic E-state index is 12.4. The normalized spacial score (nSPS) is 22.4. The third kappa shape index (κ3) is 2.99. The van der Waals surface area contributed by atoms with Crippen molar-refractivity contribution < 1.29 is 9.90 Å². The Morgan fingerprint density at radius 1 is 1.38 bits per heavy atom. The van der Waals surface area contributed by atoms with Crippen molar-refractivity contribution in [2.75, 3.05) is 0 Å². The zero-order chi connectivity index (χ0) is 14.8. The number of hydrogen-bond acceptors (Lipinski definition) is 4. The van der Waals surface area contributed by atoms with E-state index in [1.807, 2.05) is 37.3 Å². The van der Waals surface area contributed by atoms with E-state index < -0.39 is 0 Å². The second-order valence-corrected chi connectivity index (χ2v) is 6.37. The Kier molecular flexibility index (Phi) is 4.03. The van der Waals surface area contributed by atoms with Gasteiger partial charge < -0.3 is 10.4 Å². The smallest absolute Gasteiger partial charge is 0.263 e. The standard InChI is InChI=1S/C16H18N2O2S/c1-10-15(21-9-17-10)16(20)18-14(12-7-13(19)8-12)11-5-3-2-4-6-11/h2-6,9,12-14,19H,7-8H2,1H3,(H,18,20). The highest BCUT2D eigenvalue weighted by atomic mass is 32.1. The molecule has 110 valence electrons. The van der Waals surface area contributed by atoms with Crippen molar-refractivity contribution in [3.8, 4) is 0 Å². The van der Waals surface area contributed by atoms with Crippen LogP contribution >= 0.6 is 11.3 Å². The van der Waals surface area contributed by atoms with E-state index in [0.717, 1.165) is 24.1 Å². The minimum absolute atomic E-state index is 0.0522. The first-order valence-electron chi connectivity index (χ1n) is 7.09. The first-order chi connectivity index (χ1) is 10.1. The fourth-order valence-corrected chi connectivity index (χ4v) is 3.47. The molecular formula is C16H18N2O2S. The predicted molar refractivity (Wildman–Crippen MR) is 82.2 cm³/mol. The predicted octanol–water partition coefficient (Wildman–Crippen LogP) is 2.69. The van der Waals surface area contributed by atoms with Crippen LogP contribution in [0.25, 0.3) is 0 Å². The summed E-state index contributed by atoms with van der Waals surface area (Å²) in [4.78, 5) is 17.2. The van der Waals surface area contributed by atoms with Crippen LogP contribution < -0.4 is 5.32 Å². The number of aryl methyl sites for hydroxylation is 1. The fraction of sp³-hybridized carbons (Fsp3) is 0.375. The highest BCUT2D eigenvalue weighted by Gasteiger charge is 2.36.